The van der Waals surface area contributed by atoms with Crippen LogP contribution in [-0.2, 0) is 28.2 Å². The van der Waals surface area contributed by atoms with Gasteiger partial charge >= 0.3 is 0 Å². The van der Waals surface area contributed by atoms with Gasteiger partial charge in [-0.05, 0) is 43.9 Å². The summed E-state index contributed by atoms with van der Waals surface area (Å²) in [6.07, 6.45) is 2.73. The molecule has 1 saturated carbocycles. The summed E-state index contributed by atoms with van der Waals surface area (Å²) in [6, 6.07) is 5.23. The Labute approximate surface area is 224 Å². The first-order chi connectivity index (χ1) is 18.5. The van der Waals surface area contributed by atoms with E-state index in [0.29, 0.717) is 29.6 Å². The standard InChI is InChI=1S/C25H28F2N8O3S/c1-13-8-20(32-31-13)28-24-21(14-6-7-14)22(19-9-15(12-38-4)35(3)33-19)29-25(30-24)34(2)23-17(26)10-16(11-18(23)27)39(5,36)37/h8-11,14H,6-7,12H2,1-5H3,(H2,28,29,30,31,32). The summed E-state index contributed by atoms with van der Waals surface area (Å²) in [5.41, 5.74) is 3.04. The number of nitrogens with zero attached hydrogens (tertiary/aromatic N) is 6. The molecule has 0 unspecified atom stereocenters. The van der Waals surface area contributed by atoms with Crippen molar-refractivity contribution in [2.45, 2.75) is 37.2 Å². The number of H-pyrrole nitrogens is 1. The number of rotatable bonds is 9. The normalized spacial score (nSPS) is 13.6. The molecule has 0 radical (unpaired) electrons. The van der Waals surface area contributed by atoms with E-state index < -0.39 is 32.1 Å². The summed E-state index contributed by atoms with van der Waals surface area (Å²) in [6.45, 7) is 2.20. The van der Waals surface area contributed by atoms with Crippen LogP contribution in [0.1, 0.15) is 35.7 Å². The van der Waals surface area contributed by atoms with Gasteiger partial charge in [-0.25, -0.2) is 22.2 Å². The first-order valence-electron chi connectivity index (χ1n) is 12.1. The number of halogens is 2. The van der Waals surface area contributed by atoms with Crippen molar-refractivity contribution in [1.82, 2.24) is 29.9 Å². The Bertz CT molecular complexity index is 1640. The zero-order chi connectivity index (χ0) is 28.1. The van der Waals surface area contributed by atoms with E-state index in [4.69, 9.17) is 9.72 Å². The van der Waals surface area contributed by atoms with Crippen LogP contribution in [0.4, 0.5) is 32.1 Å². The average Bonchev–Trinajstić information content (AvgIpc) is 3.52. The maximum Gasteiger partial charge on any atom is 0.232 e. The van der Waals surface area contributed by atoms with E-state index >= 15 is 8.78 Å². The van der Waals surface area contributed by atoms with Crippen LogP contribution in [0.5, 0.6) is 0 Å². The molecule has 3 aromatic heterocycles. The van der Waals surface area contributed by atoms with Gasteiger partial charge in [-0.1, -0.05) is 0 Å². The first kappa shape index (κ1) is 26.7. The molecule has 0 bridgehead atoms. The Morgan fingerprint density at radius 3 is 2.44 bits per heavy atom. The zero-order valence-corrected chi connectivity index (χ0v) is 22.9. The number of nitrogens with one attached hydrogen (secondary N) is 2. The fourth-order valence-electron chi connectivity index (χ4n) is 4.34. The van der Waals surface area contributed by atoms with Crippen LogP contribution in [0.25, 0.3) is 11.4 Å². The third kappa shape index (κ3) is 5.34. The summed E-state index contributed by atoms with van der Waals surface area (Å²) in [5, 5.41) is 15.0. The fraction of sp³-hybridized carbons (Fsp3) is 0.360. The van der Waals surface area contributed by atoms with Crippen LogP contribution in [0.3, 0.4) is 0 Å². The van der Waals surface area contributed by atoms with Crippen molar-refractivity contribution in [3.05, 3.63) is 52.9 Å². The smallest absolute Gasteiger partial charge is 0.232 e. The highest BCUT2D eigenvalue weighted by Gasteiger charge is 2.34. The van der Waals surface area contributed by atoms with Gasteiger partial charge in [0, 0.05) is 44.8 Å². The number of hydrogen-bond acceptors (Lipinski definition) is 9. The van der Waals surface area contributed by atoms with Gasteiger partial charge < -0.3 is 15.0 Å². The van der Waals surface area contributed by atoms with Crippen LogP contribution in [0, 0.1) is 18.6 Å². The van der Waals surface area contributed by atoms with Crippen molar-refractivity contribution >= 4 is 33.1 Å². The SMILES string of the molecule is COCc1cc(-c2nc(N(C)c3c(F)cc(S(C)(=O)=O)cc3F)nc(Nc3cc(C)[nH]n3)c2C2CC2)nn1C. The molecule has 0 spiro atoms. The predicted octanol–water partition coefficient (Wildman–Crippen LogP) is 4.13. The van der Waals surface area contributed by atoms with E-state index in [9.17, 15) is 8.42 Å². The molecule has 1 aliphatic carbocycles. The van der Waals surface area contributed by atoms with E-state index in [1.165, 1.54) is 7.05 Å². The number of aromatic amines is 1. The monoisotopic (exact) mass is 558 g/mol. The number of benzene rings is 1. The van der Waals surface area contributed by atoms with Crippen LogP contribution in [-0.4, -0.2) is 58.8 Å². The molecule has 14 heteroatoms. The lowest BCUT2D eigenvalue weighted by Crippen LogP contribution is -2.19. The highest BCUT2D eigenvalue weighted by atomic mass is 32.2. The Morgan fingerprint density at radius 2 is 1.87 bits per heavy atom. The molecule has 1 aromatic carbocycles. The van der Waals surface area contributed by atoms with Crippen molar-refractivity contribution < 1.29 is 21.9 Å². The van der Waals surface area contributed by atoms with Crippen molar-refractivity contribution in [1.29, 1.82) is 0 Å². The molecule has 0 aliphatic heterocycles. The Balaban J connectivity index is 1.69. The number of methoxy groups -OCH3 is 1. The molecule has 5 rings (SSSR count). The van der Waals surface area contributed by atoms with Gasteiger partial charge in [-0.3, -0.25) is 9.78 Å². The van der Waals surface area contributed by atoms with Crippen molar-refractivity contribution in [2.24, 2.45) is 7.05 Å². The second-order valence-electron chi connectivity index (χ2n) is 9.61. The molecular weight excluding hydrogens is 530 g/mol. The number of anilines is 4. The Kier molecular flexibility index (Phi) is 6.84. The van der Waals surface area contributed by atoms with Gasteiger partial charge in [-0.2, -0.15) is 15.2 Å². The lowest BCUT2D eigenvalue weighted by atomic mass is 10.1. The molecule has 11 nitrogen and oxygen atoms in total. The van der Waals surface area contributed by atoms with Gasteiger partial charge in [0.15, 0.2) is 27.3 Å². The molecule has 0 amide bonds. The molecule has 3 heterocycles. The van der Waals surface area contributed by atoms with Crippen molar-refractivity contribution in [3.8, 4) is 11.4 Å². The van der Waals surface area contributed by atoms with Crippen LogP contribution in [0.2, 0.25) is 0 Å². The van der Waals surface area contributed by atoms with Crippen LogP contribution >= 0.6 is 0 Å². The predicted molar refractivity (Wildman–Crippen MR) is 141 cm³/mol. The summed E-state index contributed by atoms with van der Waals surface area (Å²) >= 11 is 0. The zero-order valence-electron chi connectivity index (χ0n) is 22.1. The highest BCUT2D eigenvalue weighted by Crippen LogP contribution is 2.48. The minimum atomic E-state index is -3.82. The molecule has 39 heavy (non-hydrogen) atoms. The molecule has 4 aromatic rings. The van der Waals surface area contributed by atoms with Gasteiger partial charge in [0.05, 0.1) is 17.2 Å². The Hall–Kier alpha value is -3.91. The van der Waals surface area contributed by atoms with E-state index in [0.717, 1.165) is 53.1 Å². The van der Waals surface area contributed by atoms with Crippen LogP contribution in [0.15, 0.2) is 29.2 Å². The van der Waals surface area contributed by atoms with Gasteiger partial charge in [0.25, 0.3) is 0 Å². The molecule has 1 fully saturated rings. The average molecular weight is 559 g/mol. The van der Waals surface area contributed by atoms with Gasteiger partial charge in [0.1, 0.15) is 22.9 Å². The fourth-order valence-corrected chi connectivity index (χ4v) is 4.98. The van der Waals surface area contributed by atoms with E-state index in [2.05, 4.69) is 25.6 Å². The maximum absolute atomic E-state index is 15.1. The quantitative estimate of drug-likeness (QED) is 0.311. The van der Waals surface area contributed by atoms with E-state index in [1.54, 1.807) is 18.8 Å². The molecule has 0 saturated heterocycles. The summed E-state index contributed by atoms with van der Waals surface area (Å²) in [5.74, 6) is -1.03. The second kappa shape index (κ2) is 10.0. The summed E-state index contributed by atoms with van der Waals surface area (Å²) < 4.78 is 61.0. The van der Waals surface area contributed by atoms with Gasteiger partial charge in [0.2, 0.25) is 5.95 Å². The minimum absolute atomic E-state index is 0.0204. The summed E-state index contributed by atoms with van der Waals surface area (Å²) in [7, 11) is 0.973. The number of hydrogen-bond donors (Lipinski definition) is 2. The van der Waals surface area contributed by atoms with E-state index in [1.807, 2.05) is 19.1 Å². The van der Waals surface area contributed by atoms with Gasteiger partial charge in [-0.15, -0.1) is 0 Å². The van der Waals surface area contributed by atoms with E-state index in [-0.39, 0.29) is 11.9 Å². The molecule has 0 atom stereocenters. The number of aryl methyl sites for hydroxylation is 2. The number of aromatic nitrogens is 6. The lowest BCUT2D eigenvalue weighted by Gasteiger charge is -2.22. The molecule has 2 N–H and O–H groups in total. The summed E-state index contributed by atoms with van der Waals surface area (Å²) in [4.78, 5) is 10.1. The second-order valence-corrected chi connectivity index (χ2v) is 11.6. The lowest BCUT2D eigenvalue weighted by molar-refractivity contribution is 0.178. The van der Waals surface area contributed by atoms with Crippen molar-refractivity contribution in [2.75, 3.05) is 30.6 Å². The Morgan fingerprint density at radius 1 is 1.18 bits per heavy atom. The molecule has 206 valence electrons. The number of sulfone groups is 1. The third-order valence-corrected chi connectivity index (χ3v) is 7.53. The molecule has 1 aliphatic rings. The topological polar surface area (TPSA) is 131 Å². The number of ether oxygens (including phenoxy) is 1. The van der Waals surface area contributed by atoms with Crippen molar-refractivity contribution in [3.63, 3.8) is 0 Å². The minimum Gasteiger partial charge on any atom is -0.378 e. The highest BCUT2D eigenvalue weighted by molar-refractivity contribution is 7.90. The maximum atomic E-state index is 15.1. The van der Waals surface area contributed by atoms with Crippen LogP contribution < -0.4 is 10.2 Å². The first-order valence-corrected chi connectivity index (χ1v) is 14.0. The largest absolute Gasteiger partial charge is 0.378 e. The molecular formula is C25H28F2N8O3S. The third-order valence-electron chi connectivity index (χ3n) is 6.44.